The molecule has 3 aromatic rings. The van der Waals surface area contributed by atoms with Crippen molar-refractivity contribution in [1.29, 1.82) is 0 Å². The number of benzene rings is 2. The topological polar surface area (TPSA) is 89.7 Å². The van der Waals surface area contributed by atoms with Crippen LogP contribution < -0.4 is 14.8 Å². The van der Waals surface area contributed by atoms with E-state index in [9.17, 15) is 4.79 Å². The molecule has 1 atom stereocenters. The molecule has 1 aliphatic rings. The summed E-state index contributed by atoms with van der Waals surface area (Å²) in [6.45, 7) is 6.58. The van der Waals surface area contributed by atoms with E-state index in [1.165, 1.54) is 0 Å². The molecular formula is C25H28N4O4. The number of carbonyl (C=O) groups excluding carboxylic acids is 1. The molecule has 4 rings (SSSR count). The number of amides is 2. The average Bonchev–Trinajstić information content (AvgIpc) is 3.31. The van der Waals surface area contributed by atoms with Crippen molar-refractivity contribution in [2.75, 3.05) is 20.8 Å². The van der Waals surface area contributed by atoms with Gasteiger partial charge in [0.25, 0.3) is 5.89 Å². The fourth-order valence-electron chi connectivity index (χ4n) is 3.99. The highest BCUT2D eigenvalue weighted by atomic mass is 16.5. The van der Waals surface area contributed by atoms with E-state index in [0.717, 1.165) is 34.4 Å². The standard InChI is InChI=1S/C25H28N4O4/c1-6-13-29-16(3)21(22(26-25(29)30)17-9-7-15(2)8-10-17)24-27-23(28-33-24)18-11-12-19(31-4)20(14-18)32-5/h7-12,14,22H,6,13H2,1-5H3,(H,26,30). The summed E-state index contributed by atoms with van der Waals surface area (Å²) in [5, 5.41) is 7.32. The Morgan fingerprint density at radius 3 is 2.45 bits per heavy atom. The van der Waals surface area contributed by atoms with Crippen LogP contribution in [0.2, 0.25) is 0 Å². The predicted octanol–water partition coefficient (Wildman–Crippen LogP) is 4.97. The summed E-state index contributed by atoms with van der Waals surface area (Å²) in [5.41, 5.74) is 4.41. The second-order valence-corrected chi connectivity index (χ2v) is 7.94. The van der Waals surface area contributed by atoms with Gasteiger partial charge in [-0.25, -0.2) is 4.79 Å². The highest BCUT2D eigenvalue weighted by Gasteiger charge is 2.35. The lowest BCUT2D eigenvalue weighted by molar-refractivity contribution is 0.205. The molecule has 1 aliphatic heterocycles. The van der Waals surface area contributed by atoms with Gasteiger partial charge in [-0.2, -0.15) is 4.98 Å². The maximum absolute atomic E-state index is 12.9. The summed E-state index contributed by atoms with van der Waals surface area (Å²) in [4.78, 5) is 19.3. The second-order valence-electron chi connectivity index (χ2n) is 7.94. The van der Waals surface area contributed by atoms with Gasteiger partial charge in [-0.3, -0.25) is 4.90 Å². The van der Waals surface area contributed by atoms with E-state index in [1.807, 2.05) is 51.1 Å². The lowest BCUT2D eigenvalue weighted by Crippen LogP contribution is -2.46. The molecular weight excluding hydrogens is 420 g/mol. The van der Waals surface area contributed by atoms with Crippen LogP contribution >= 0.6 is 0 Å². The number of allylic oxidation sites excluding steroid dienone is 1. The fraction of sp³-hybridized carbons (Fsp3) is 0.320. The lowest BCUT2D eigenvalue weighted by atomic mass is 9.94. The molecule has 0 saturated carbocycles. The first-order valence-electron chi connectivity index (χ1n) is 10.9. The molecule has 0 bridgehead atoms. The number of urea groups is 1. The fourth-order valence-corrected chi connectivity index (χ4v) is 3.99. The van der Waals surface area contributed by atoms with Crippen LogP contribution in [0, 0.1) is 6.92 Å². The molecule has 8 heteroatoms. The predicted molar refractivity (Wildman–Crippen MR) is 125 cm³/mol. The van der Waals surface area contributed by atoms with E-state index in [0.29, 0.717) is 29.8 Å². The minimum Gasteiger partial charge on any atom is -0.493 e. The lowest BCUT2D eigenvalue weighted by Gasteiger charge is -2.35. The van der Waals surface area contributed by atoms with Gasteiger partial charge >= 0.3 is 6.03 Å². The summed E-state index contributed by atoms with van der Waals surface area (Å²) in [6, 6.07) is 13.0. The molecule has 0 saturated heterocycles. The third-order valence-corrected chi connectivity index (χ3v) is 5.75. The summed E-state index contributed by atoms with van der Waals surface area (Å²) in [5.74, 6) is 1.98. The number of ether oxygens (including phenoxy) is 2. The molecule has 1 unspecified atom stereocenters. The van der Waals surface area contributed by atoms with Crippen LogP contribution in [0.25, 0.3) is 17.0 Å². The highest BCUT2D eigenvalue weighted by molar-refractivity contribution is 5.86. The van der Waals surface area contributed by atoms with Crippen molar-refractivity contribution in [2.24, 2.45) is 0 Å². The first kappa shape index (κ1) is 22.4. The molecule has 33 heavy (non-hydrogen) atoms. The van der Waals surface area contributed by atoms with Gasteiger partial charge < -0.3 is 19.3 Å². The average molecular weight is 449 g/mol. The van der Waals surface area contributed by atoms with Crippen molar-refractivity contribution >= 4 is 11.6 Å². The molecule has 0 aliphatic carbocycles. The smallest absolute Gasteiger partial charge is 0.322 e. The van der Waals surface area contributed by atoms with Gasteiger partial charge in [-0.1, -0.05) is 41.9 Å². The number of rotatable bonds is 7. The highest BCUT2D eigenvalue weighted by Crippen LogP contribution is 2.38. The maximum Gasteiger partial charge on any atom is 0.322 e. The van der Waals surface area contributed by atoms with Crippen molar-refractivity contribution in [1.82, 2.24) is 20.4 Å². The zero-order chi connectivity index (χ0) is 23.5. The van der Waals surface area contributed by atoms with Crippen LogP contribution in [0.3, 0.4) is 0 Å². The van der Waals surface area contributed by atoms with Crippen LogP contribution in [0.15, 0.2) is 52.7 Å². The monoisotopic (exact) mass is 448 g/mol. The van der Waals surface area contributed by atoms with E-state index in [2.05, 4.69) is 15.5 Å². The Labute approximate surface area is 193 Å². The summed E-state index contributed by atoms with van der Waals surface area (Å²) in [6.07, 6.45) is 0.827. The molecule has 0 spiro atoms. The van der Waals surface area contributed by atoms with Gasteiger partial charge in [0.05, 0.1) is 25.8 Å². The van der Waals surface area contributed by atoms with Crippen LogP contribution in [-0.2, 0) is 0 Å². The van der Waals surface area contributed by atoms with Crippen LogP contribution in [-0.4, -0.2) is 41.8 Å². The Balaban J connectivity index is 1.79. The molecule has 0 radical (unpaired) electrons. The number of hydrogen-bond acceptors (Lipinski definition) is 6. The molecule has 1 aromatic heterocycles. The largest absolute Gasteiger partial charge is 0.493 e. The number of hydrogen-bond donors (Lipinski definition) is 1. The van der Waals surface area contributed by atoms with Crippen molar-refractivity contribution in [3.05, 3.63) is 65.2 Å². The first-order chi connectivity index (χ1) is 16.0. The normalized spacial score (nSPS) is 16.1. The van der Waals surface area contributed by atoms with Gasteiger partial charge in [-0.15, -0.1) is 0 Å². The summed E-state index contributed by atoms with van der Waals surface area (Å²) >= 11 is 0. The van der Waals surface area contributed by atoms with E-state index in [-0.39, 0.29) is 6.03 Å². The second kappa shape index (κ2) is 9.36. The number of aromatic nitrogens is 2. The number of aryl methyl sites for hydroxylation is 1. The first-order valence-corrected chi connectivity index (χ1v) is 10.9. The number of nitrogens with one attached hydrogen (secondary N) is 1. The number of carbonyl (C=O) groups is 1. The van der Waals surface area contributed by atoms with Crippen molar-refractivity contribution in [3.63, 3.8) is 0 Å². The van der Waals surface area contributed by atoms with Gasteiger partial charge in [-0.05, 0) is 44.0 Å². The Hall–Kier alpha value is -3.81. The molecule has 172 valence electrons. The molecule has 0 fully saturated rings. The molecule has 2 heterocycles. The number of nitrogens with zero attached hydrogens (tertiary/aromatic N) is 3. The Bertz CT molecular complexity index is 1180. The third-order valence-electron chi connectivity index (χ3n) is 5.75. The Kier molecular flexibility index (Phi) is 6.35. The molecule has 2 amide bonds. The van der Waals surface area contributed by atoms with Crippen LogP contribution in [0.4, 0.5) is 4.79 Å². The molecule has 1 N–H and O–H groups in total. The minimum atomic E-state index is -0.398. The van der Waals surface area contributed by atoms with Gasteiger partial charge in [0.1, 0.15) is 0 Å². The van der Waals surface area contributed by atoms with Gasteiger partial charge in [0, 0.05) is 17.8 Å². The quantitative estimate of drug-likeness (QED) is 0.549. The van der Waals surface area contributed by atoms with E-state index in [4.69, 9.17) is 14.0 Å². The Morgan fingerprint density at radius 1 is 1.06 bits per heavy atom. The Morgan fingerprint density at radius 2 is 1.79 bits per heavy atom. The van der Waals surface area contributed by atoms with Crippen LogP contribution in [0.5, 0.6) is 11.5 Å². The summed E-state index contributed by atoms with van der Waals surface area (Å²) in [7, 11) is 3.17. The third kappa shape index (κ3) is 4.28. The SMILES string of the molecule is CCCN1C(=O)NC(c2ccc(C)cc2)C(c2nc(-c3ccc(OC)c(OC)c3)no2)=C1C. The van der Waals surface area contributed by atoms with E-state index in [1.54, 1.807) is 31.3 Å². The van der Waals surface area contributed by atoms with Crippen molar-refractivity contribution in [2.45, 2.75) is 33.2 Å². The van der Waals surface area contributed by atoms with Crippen molar-refractivity contribution in [3.8, 4) is 22.9 Å². The maximum atomic E-state index is 12.9. The van der Waals surface area contributed by atoms with E-state index >= 15 is 0 Å². The van der Waals surface area contributed by atoms with Gasteiger partial charge in [0.2, 0.25) is 5.82 Å². The summed E-state index contributed by atoms with van der Waals surface area (Å²) < 4.78 is 16.4. The zero-order valence-corrected chi connectivity index (χ0v) is 19.5. The van der Waals surface area contributed by atoms with E-state index < -0.39 is 6.04 Å². The number of methoxy groups -OCH3 is 2. The molecule has 2 aromatic carbocycles. The van der Waals surface area contributed by atoms with Crippen molar-refractivity contribution < 1.29 is 18.8 Å². The molecule has 8 nitrogen and oxygen atoms in total. The minimum absolute atomic E-state index is 0.136. The van der Waals surface area contributed by atoms with Crippen LogP contribution in [0.1, 0.15) is 43.3 Å². The van der Waals surface area contributed by atoms with Gasteiger partial charge in [0.15, 0.2) is 11.5 Å². The zero-order valence-electron chi connectivity index (χ0n) is 19.5.